The molecule has 23 heavy (non-hydrogen) atoms. The first-order valence-corrected chi connectivity index (χ1v) is 8.13. The fourth-order valence-electron chi connectivity index (χ4n) is 1.85. The van der Waals surface area contributed by atoms with E-state index in [0.717, 1.165) is 18.2 Å². The van der Waals surface area contributed by atoms with E-state index in [1.165, 1.54) is 30.3 Å². The van der Waals surface area contributed by atoms with E-state index in [1.807, 2.05) is 0 Å². The van der Waals surface area contributed by atoms with Crippen LogP contribution in [-0.2, 0) is 16.2 Å². The van der Waals surface area contributed by atoms with Gasteiger partial charge >= 0.3 is 6.18 Å². The predicted octanol–water partition coefficient (Wildman–Crippen LogP) is 3.90. The number of sulfonamides is 1. The van der Waals surface area contributed by atoms with Crippen LogP contribution in [0.5, 0.6) is 5.75 Å². The van der Waals surface area contributed by atoms with Crippen molar-refractivity contribution in [3.8, 4) is 5.75 Å². The third kappa shape index (κ3) is 4.38. The van der Waals surface area contributed by atoms with Crippen LogP contribution in [0.3, 0.4) is 0 Å². The fraction of sp³-hybridized carbons (Fsp3) is 0.200. The summed E-state index contributed by atoms with van der Waals surface area (Å²) < 4.78 is 69.7. The van der Waals surface area contributed by atoms with Crippen molar-refractivity contribution in [3.63, 3.8) is 0 Å². The van der Waals surface area contributed by atoms with E-state index in [0.29, 0.717) is 12.4 Å². The summed E-state index contributed by atoms with van der Waals surface area (Å²) in [5.74, 6) is 0.505. The predicted molar refractivity (Wildman–Crippen MR) is 79.9 cm³/mol. The highest BCUT2D eigenvalue weighted by Crippen LogP contribution is 2.31. The summed E-state index contributed by atoms with van der Waals surface area (Å²) in [5.41, 5.74) is -1.09. The van der Waals surface area contributed by atoms with E-state index in [2.05, 4.69) is 4.72 Å². The molecule has 0 heterocycles. The third-order valence-corrected chi connectivity index (χ3v) is 4.28. The highest BCUT2D eigenvalue weighted by molar-refractivity contribution is 7.92. The van der Waals surface area contributed by atoms with Crippen LogP contribution in [0.1, 0.15) is 12.5 Å². The van der Waals surface area contributed by atoms with Gasteiger partial charge in [-0.25, -0.2) is 8.42 Å². The molecule has 2 rings (SSSR count). The molecule has 2 aromatic carbocycles. The summed E-state index contributed by atoms with van der Waals surface area (Å²) in [4.78, 5) is -0.0710. The second-order valence-corrected chi connectivity index (χ2v) is 6.27. The van der Waals surface area contributed by atoms with Gasteiger partial charge in [-0.2, -0.15) is 13.2 Å². The zero-order chi connectivity index (χ0) is 17.1. The second-order valence-electron chi connectivity index (χ2n) is 4.59. The largest absolute Gasteiger partial charge is 0.494 e. The van der Waals surface area contributed by atoms with Crippen molar-refractivity contribution < 1.29 is 26.3 Å². The molecule has 0 saturated heterocycles. The molecule has 0 aromatic heterocycles. The molecule has 8 heteroatoms. The maximum absolute atomic E-state index is 12.6. The van der Waals surface area contributed by atoms with E-state index in [1.54, 1.807) is 6.92 Å². The van der Waals surface area contributed by atoms with E-state index in [-0.39, 0.29) is 10.6 Å². The Bertz CT molecular complexity index is 771. The maximum Gasteiger partial charge on any atom is 0.416 e. The smallest absolute Gasteiger partial charge is 0.416 e. The van der Waals surface area contributed by atoms with Gasteiger partial charge in [-0.15, -0.1) is 0 Å². The first kappa shape index (κ1) is 17.1. The molecule has 0 fully saturated rings. The topological polar surface area (TPSA) is 55.4 Å². The summed E-state index contributed by atoms with van der Waals surface area (Å²) in [6.45, 7) is 2.23. The monoisotopic (exact) mass is 345 g/mol. The Morgan fingerprint density at radius 1 is 1.09 bits per heavy atom. The van der Waals surface area contributed by atoms with Crippen LogP contribution in [-0.4, -0.2) is 15.0 Å². The molecule has 2 aromatic rings. The van der Waals surface area contributed by atoms with Crippen LogP contribution >= 0.6 is 0 Å². The zero-order valence-electron chi connectivity index (χ0n) is 12.1. The van der Waals surface area contributed by atoms with Crippen molar-refractivity contribution >= 4 is 15.7 Å². The van der Waals surface area contributed by atoms with Gasteiger partial charge in [-0.05, 0) is 49.4 Å². The number of ether oxygens (including phenoxy) is 1. The molecule has 0 amide bonds. The van der Waals surface area contributed by atoms with Crippen LogP contribution in [0.25, 0.3) is 0 Å². The van der Waals surface area contributed by atoms with Crippen molar-refractivity contribution in [1.82, 2.24) is 0 Å². The second kappa shape index (κ2) is 6.49. The molecule has 0 aliphatic carbocycles. The van der Waals surface area contributed by atoms with Crippen molar-refractivity contribution in [2.24, 2.45) is 0 Å². The van der Waals surface area contributed by atoms with Crippen LogP contribution in [0.2, 0.25) is 0 Å². The molecule has 0 unspecified atom stereocenters. The minimum Gasteiger partial charge on any atom is -0.494 e. The molecule has 0 radical (unpaired) electrons. The number of hydrogen-bond donors (Lipinski definition) is 1. The van der Waals surface area contributed by atoms with Gasteiger partial charge in [0.2, 0.25) is 0 Å². The van der Waals surface area contributed by atoms with E-state index >= 15 is 0 Å². The van der Waals surface area contributed by atoms with Crippen LogP contribution in [0, 0.1) is 0 Å². The SMILES string of the molecule is CCOc1ccc(S(=O)(=O)Nc2cccc(C(F)(F)F)c2)cc1. The minimum absolute atomic E-state index is 0.0710. The van der Waals surface area contributed by atoms with Crippen molar-refractivity contribution in [2.75, 3.05) is 11.3 Å². The van der Waals surface area contributed by atoms with Gasteiger partial charge in [-0.1, -0.05) is 6.07 Å². The van der Waals surface area contributed by atoms with Gasteiger partial charge in [0.25, 0.3) is 10.0 Å². The number of nitrogens with one attached hydrogen (secondary N) is 1. The van der Waals surface area contributed by atoms with Gasteiger partial charge < -0.3 is 4.74 Å². The van der Waals surface area contributed by atoms with Gasteiger partial charge in [0.15, 0.2) is 0 Å². The van der Waals surface area contributed by atoms with Crippen LogP contribution in [0.4, 0.5) is 18.9 Å². The molecule has 0 aliphatic rings. The Kier molecular flexibility index (Phi) is 4.84. The molecule has 1 N–H and O–H groups in total. The number of rotatable bonds is 5. The van der Waals surface area contributed by atoms with Gasteiger partial charge in [0, 0.05) is 5.69 Å². The average Bonchev–Trinajstić information content (AvgIpc) is 2.47. The Morgan fingerprint density at radius 2 is 1.74 bits per heavy atom. The Balaban J connectivity index is 2.24. The lowest BCUT2D eigenvalue weighted by Gasteiger charge is -2.11. The van der Waals surface area contributed by atoms with E-state index in [4.69, 9.17) is 4.74 Å². The number of halogens is 3. The first-order chi connectivity index (χ1) is 10.7. The van der Waals surface area contributed by atoms with E-state index < -0.39 is 21.8 Å². The van der Waals surface area contributed by atoms with Gasteiger partial charge in [-0.3, -0.25) is 4.72 Å². The quantitative estimate of drug-likeness (QED) is 0.894. The normalized spacial score (nSPS) is 12.0. The molecule has 0 bridgehead atoms. The van der Waals surface area contributed by atoms with Gasteiger partial charge in [0.05, 0.1) is 17.1 Å². The summed E-state index contributed by atoms with van der Waals surface area (Å²) in [6, 6.07) is 9.59. The number of anilines is 1. The maximum atomic E-state index is 12.6. The lowest BCUT2D eigenvalue weighted by molar-refractivity contribution is -0.137. The molecule has 0 saturated carbocycles. The van der Waals surface area contributed by atoms with Crippen LogP contribution in [0.15, 0.2) is 53.4 Å². The highest BCUT2D eigenvalue weighted by Gasteiger charge is 2.30. The molecular weight excluding hydrogens is 331 g/mol. The zero-order valence-corrected chi connectivity index (χ0v) is 12.9. The Labute approximate surface area is 132 Å². The Hall–Kier alpha value is -2.22. The standard InChI is InChI=1S/C15H14F3NO3S/c1-2-22-13-6-8-14(9-7-13)23(20,21)19-12-5-3-4-11(10-12)15(16,17)18/h3-10,19H,2H2,1H3. The number of hydrogen-bond acceptors (Lipinski definition) is 3. The minimum atomic E-state index is -4.54. The van der Waals surface area contributed by atoms with Gasteiger partial charge in [0.1, 0.15) is 5.75 Å². The average molecular weight is 345 g/mol. The Morgan fingerprint density at radius 3 is 2.30 bits per heavy atom. The number of alkyl halides is 3. The van der Waals surface area contributed by atoms with Crippen molar-refractivity contribution in [1.29, 1.82) is 0 Å². The summed E-state index contributed by atoms with van der Waals surface area (Å²) in [6.07, 6.45) is -4.54. The van der Waals surface area contributed by atoms with Crippen molar-refractivity contribution in [3.05, 3.63) is 54.1 Å². The third-order valence-electron chi connectivity index (χ3n) is 2.89. The lowest BCUT2D eigenvalue weighted by atomic mass is 10.2. The molecule has 0 aliphatic heterocycles. The fourth-order valence-corrected chi connectivity index (χ4v) is 2.90. The molecule has 0 spiro atoms. The van der Waals surface area contributed by atoms with Crippen molar-refractivity contribution in [2.45, 2.75) is 18.0 Å². The molecule has 4 nitrogen and oxygen atoms in total. The molecule has 124 valence electrons. The highest BCUT2D eigenvalue weighted by atomic mass is 32.2. The summed E-state index contributed by atoms with van der Waals surface area (Å²) in [7, 11) is -3.98. The summed E-state index contributed by atoms with van der Waals surface area (Å²) >= 11 is 0. The molecular formula is C15H14F3NO3S. The van der Waals surface area contributed by atoms with Crippen LogP contribution < -0.4 is 9.46 Å². The lowest BCUT2D eigenvalue weighted by Crippen LogP contribution is -2.14. The first-order valence-electron chi connectivity index (χ1n) is 6.65. The molecule has 0 atom stereocenters. The number of benzene rings is 2. The summed E-state index contributed by atoms with van der Waals surface area (Å²) in [5, 5.41) is 0. The van der Waals surface area contributed by atoms with E-state index in [9.17, 15) is 21.6 Å².